The lowest BCUT2D eigenvalue weighted by Gasteiger charge is -2.13. The van der Waals surface area contributed by atoms with Crippen molar-refractivity contribution in [1.29, 1.82) is 0 Å². The Labute approximate surface area is 62.0 Å². The van der Waals surface area contributed by atoms with Crippen LogP contribution in [0.25, 0.3) is 0 Å². The number of carbonyl (C=O) groups excluding carboxylic acids is 1. The van der Waals surface area contributed by atoms with Gasteiger partial charge in [-0.25, -0.2) is 0 Å². The van der Waals surface area contributed by atoms with Gasteiger partial charge in [-0.05, 0) is 18.3 Å². The zero-order valence-corrected chi connectivity index (χ0v) is 6.68. The summed E-state index contributed by atoms with van der Waals surface area (Å²) in [5.74, 6) is 1.47. The van der Waals surface area contributed by atoms with Crippen molar-refractivity contribution in [2.45, 2.75) is 26.7 Å². The van der Waals surface area contributed by atoms with Crippen LogP contribution in [0.15, 0.2) is 0 Å². The molecular weight excluding hydrogens is 126 g/mol. The van der Waals surface area contributed by atoms with Crippen molar-refractivity contribution in [3.8, 4) is 0 Å². The second kappa shape index (κ2) is 3.04. The number of amides is 1. The summed E-state index contributed by atoms with van der Waals surface area (Å²) in [5.41, 5.74) is 0. The monoisotopic (exact) mass is 141 g/mol. The fourth-order valence-electron chi connectivity index (χ4n) is 1.29. The first-order valence-electron chi connectivity index (χ1n) is 3.97. The lowest BCUT2D eigenvalue weighted by molar-refractivity contribution is -0.121. The fourth-order valence-corrected chi connectivity index (χ4v) is 1.29. The van der Waals surface area contributed by atoms with E-state index in [-0.39, 0.29) is 5.91 Å². The Morgan fingerprint density at radius 3 is 2.80 bits per heavy atom. The van der Waals surface area contributed by atoms with Crippen LogP contribution in [0.4, 0.5) is 0 Å². The SMILES string of the molecule is CC1CCNC(=O)CC1C. The molecule has 0 aromatic carbocycles. The molecule has 0 aromatic heterocycles. The van der Waals surface area contributed by atoms with Crippen LogP contribution in [0, 0.1) is 11.8 Å². The fraction of sp³-hybridized carbons (Fsp3) is 0.875. The molecule has 1 aliphatic rings. The van der Waals surface area contributed by atoms with Gasteiger partial charge in [0.05, 0.1) is 0 Å². The van der Waals surface area contributed by atoms with Crippen molar-refractivity contribution in [2.75, 3.05) is 6.54 Å². The van der Waals surface area contributed by atoms with Crippen molar-refractivity contribution in [3.05, 3.63) is 0 Å². The Balaban J connectivity index is 2.49. The molecule has 2 unspecified atom stereocenters. The highest BCUT2D eigenvalue weighted by Gasteiger charge is 2.19. The number of rotatable bonds is 0. The molecular formula is C8H15NO. The van der Waals surface area contributed by atoms with Gasteiger partial charge in [0.1, 0.15) is 0 Å². The average molecular weight is 141 g/mol. The van der Waals surface area contributed by atoms with E-state index < -0.39 is 0 Å². The van der Waals surface area contributed by atoms with Crippen molar-refractivity contribution >= 4 is 5.91 Å². The predicted octanol–water partition coefficient (Wildman–Crippen LogP) is 1.17. The number of hydrogen-bond acceptors (Lipinski definition) is 1. The minimum absolute atomic E-state index is 0.219. The van der Waals surface area contributed by atoms with Gasteiger partial charge in [0.15, 0.2) is 0 Å². The average Bonchev–Trinajstić information content (AvgIpc) is 1.96. The summed E-state index contributed by atoms with van der Waals surface area (Å²) in [6.07, 6.45) is 1.84. The Hall–Kier alpha value is -0.530. The Morgan fingerprint density at radius 1 is 1.40 bits per heavy atom. The van der Waals surface area contributed by atoms with Gasteiger partial charge >= 0.3 is 0 Å². The molecule has 0 radical (unpaired) electrons. The van der Waals surface area contributed by atoms with Crippen LogP contribution in [0.5, 0.6) is 0 Å². The van der Waals surface area contributed by atoms with Crippen LogP contribution in [0.1, 0.15) is 26.7 Å². The molecule has 2 heteroatoms. The normalized spacial score (nSPS) is 34.8. The van der Waals surface area contributed by atoms with E-state index in [4.69, 9.17) is 0 Å². The van der Waals surface area contributed by atoms with Crippen molar-refractivity contribution < 1.29 is 4.79 Å². The molecule has 0 bridgehead atoms. The first-order chi connectivity index (χ1) is 4.70. The molecule has 0 saturated carbocycles. The minimum Gasteiger partial charge on any atom is -0.356 e. The van der Waals surface area contributed by atoms with Crippen molar-refractivity contribution in [1.82, 2.24) is 5.32 Å². The number of nitrogens with one attached hydrogen (secondary N) is 1. The van der Waals surface area contributed by atoms with E-state index >= 15 is 0 Å². The second-order valence-corrected chi connectivity index (χ2v) is 3.30. The molecule has 2 nitrogen and oxygen atoms in total. The molecule has 1 heterocycles. The Morgan fingerprint density at radius 2 is 2.10 bits per heavy atom. The maximum Gasteiger partial charge on any atom is 0.220 e. The smallest absolute Gasteiger partial charge is 0.220 e. The molecule has 0 aromatic rings. The standard InChI is InChI=1S/C8H15NO/c1-6-3-4-9-8(10)5-7(6)2/h6-7H,3-5H2,1-2H3,(H,9,10). The molecule has 1 amide bonds. The Bertz CT molecular complexity index is 133. The molecule has 1 N–H and O–H groups in total. The molecule has 1 aliphatic heterocycles. The van der Waals surface area contributed by atoms with Gasteiger partial charge in [0.25, 0.3) is 0 Å². The van der Waals surface area contributed by atoms with Gasteiger partial charge in [-0.1, -0.05) is 13.8 Å². The van der Waals surface area contributed by atoms with Crippen LogP contribution >= 0.6 is 0 Å². The zero-order chi connectivity index (χ0) is 7.56. The first kappa shape index (κ1) is 7.58. The van der Waals surface area contributed by atoms with Crippen LogP contribution in [-0.2, 0) is 4.79 Å². The molecule has 1 rings (SSSR count). The lowest BCUT2D eigenvalue weighted by Crippen LogP contribution is -2.21. The van der Waals surface area contributed by atoms with E-state index in [1.165, 1.54) is 0 Å². The quantitative estimate of drug-likeness (QED) is 0.539. The maximum atomic E-state index is 10.9. The van der Waals surface area contributed by atoms with E-state index in [0.717, 1.165) is 13.0 Å². The van der Waals surface area contributed by atoms with Crippen LogP contribution in [0.3, 0.4) is 0 Å². The second-order valence-electron chi connectivity index (χ2n) is 3.30. The summed E-state index contributed by atoms with van der Waals surface area (Å²) in [6.45, 7) is 5.23. The third kappa shape index (κ3) is 1.72. The van der Waals surface area contributed by atoms with Gasteiger partial charge in [0.2, 0.25) is 5.91 Å². The van der Waals surface area contributed by atoms with E-state index in [9.17, 15) is 4.79 Å². The van der Waals surface area contributed by atoms with E-state index in [1.807, 2.05) is 0 Å². The summed E-state index contributed by atoms with van der Waals surface area (Å²) in [7, 11) is 0. The van der Waals surface area contributed by atoms with Crippen LogP contribution in [0.2, 0.25) is 0 Å². The lowest BCUT2D eigenvalue weighted by atomic mass is 9.91. The highest BCUT2D eigenvalue weighted by atomic mass is 16.1. The molecule has 58 valence electrons. The topological polar surface area (TPSA) is 29.1 Å². The molecule has 0 spiro atoms. The molecule has 0 aliphatic carbocycles. The summed E-state index contributed by atoms with van der Waals surface area (Å²) in [4.78, 5) is 10.9. The highest BCUT2D eigenvalue weighted by Crippen LogP contribution is 2.19. The third-order valence-corrected chi connectivity index (χ3v) is 2.40. The number of hydrogen-bond donors (Lipinski definition) is 1. The molecule has 10 heavy (non-hydrogen) atoms. The minimum atomic E-state index is 0.219. The first-order valence-corrected chi connectivity index (χ1v) is 3.97. The zero-order valence-electron chi connectivity index (χ0n) is 6.68. The van der Waals surface area contributed by atoms with Crippen LogP contribution < -0.4 is 5.32 Å². The third-order valence-electron chi connectivity index (χ3n) is 2.40. The van der Waals surface area contributed by atoms with Gasteiger partial charge in [-0.15, -0.1) is 0 Å². The molecule has 1 saturated heterocycles. The summed E-state index contributed by atoms with van der Waals surface area (Å²) in [5, 5.41) is 2.87. The number of carbonyl (C=O) groups is 1. The summed E-state index contributed by atoms with van der Waals surface area (Å²) >= 11 is 0. The van der Waals surface area contributed by atoms with E-state index in [2.05, 4.69) is 19.2 Å². The van der Waals surface area contributed by atoms with E-state index in [0.29, 0.717) is 18.3 Å². The summed E-state index contributed by atoms with van der Waals surface area (Å²) < 4.78 is 0. The van der Waals surface area contributed by atoms with E-state index in [1.54, 1.807) is 0 Å². The maximum absolute atomic E-state index is 10.9. The predicted molar refractivity (Wildman–Crippen MR) is 40.6 cm³/mol. The molecule has 2 atom stereocenters. The Kier molecular flexibility index (Phi) is 2.30. The van der Waals surface area contributed by atoms with Gasteiger partial charge in [0, 0.05) is 13.0 Å². The molecule has 1 fully saturated rings. The summed E-state index contributed by atoms with van der Waals surface area (Å²) in [6, 6.07) is 0. The van der Waals surface area contributed by atoms with Gasteiger partial charge < -0.3 is 5.32 Å². The van der Waals surface area contributed by atoms with Crippen molar-refractivity contribution in [2.24, 2.45) is 11.8 Å². The van der Waals surface area contributed by atoms with Gasteiger partial charge in [-0.2, -0.15) is 0 Å². The van der Waals surface area contributed by atoms with Gasteiger partial charge in [-0.3, -0.25) is 4.79 Å². The highest BCUT2D eigenvalue weighted by molar-refractivity contribution is 5.76. The van der Waals surface area contributed by atoms with Crippen LogP contribution in [-0.4, -0.2) is 12.5 Å². The van der Waals surface area contributed by atoms with Crippen molar-refractivity contribution in [3.63, 3.8) is 0 Å². The largest absolute Gasteiger partial charge is 0.356 e.